The van der Waals surface area contributed by atoms with Crippen molar-refractivity contribution < 1.29 is 9.59 Å². The molecule has 1 heterocycles. The van der Waals surface area contributed by atoms with Crippen molar-refractivity contribution in [2.45, 2.75) is 46.1 Å². The molecule has 0 radical (unpaired) electrons. The van der Waals surface area contributed by atoms with Crippen LogP contribution in [0.4, 0.5) is 10.5 Å². The molecule has 0 saturated carbocycles. The van der Waals surface area contributed by atoms with Gasteiger partial charge in [0.25, 0.3) is 0 Å². The second kappa shape index (κ2) is 7.99. The minimum absolute atomic E-state index is 0.0581. The first-order valence-electron chi connectivity index (χ1n) is 8.47. The minimum Gasteiger partial charge on any atom is -0.333 e. The van der Waals surface area contributed by atoms with Gasteiger partial charge in [0.05, 0.1) is 6.04 Å². The quantitative estimate of drug-likeness (QED) is 0.877. The average molecular weight is 317 g/mol. The molecule has 1 atom stereocenters. The Morgan fingerprint density at radius 2 is 1.83 bits per heavy atom. The number of anilines is 1. The van der Waals surface area contributed by atoms with Crippen molar-refractivity contribution in [3.63, 3.8) is 0 Å². The summed E-state index contributed by atoms with van der Waals surface area (Å²) in [7, 11) is 0. The molecule has 0 bridgehead atoms. The Morgan fingerprint density at radius 3 is 2.39 bits per heavy atom. The predicted octanol–water partition coefficient (Wildman–Crippen LogP) is 2.93. The van der Waals surface area contributed by atoms with Gasteiger partial charge in [-0.05, 0) is 31.9 Å². The normalized spacial score (nSPS) is 17.4. The van der Waals surface area contributed by atoms with Crippen LogP contribution in [0.5, 0.6) is 0 Å². The zero-order valence-corrected chi connectivity index (χ0v) is 14.3. The monoisotopic (exact) mass is 317 g/mol. The number of hydrogen-bond donors (Lipinski definition) is 1. The number of nitrogens with one attached hydrogen (secondary N) is 1. The number of rotatable bonds is 6. The third-order valence-corrected chi connectivity index (χ3v) is 4.07. The zero-order valence-electron chi connectivity index (χ0n) is 14.3. The molecule has 0 aliphatic carbocycles. The molecular formula is C18H27N3O2. The smallest absolute Gasteiger partial charge is 0.317 e. The van der Waals surface area contributed by atoms with Crippen molar-refractivity contribution in [1.82, 2.24) is 10.2 Å². The van der Waals surface area contributed by atoms with E-state index in [9.17, 15) is 9.59 Å². The summed E-state index contributed by atoms with van der Waals surface area (Å²) in [5, 5.41) is 3.01. The van der Waals surface area contributed by atoms with E-state index < -0.39 is 0 Å². The Kier molecular flexibility index (Phi) is 6.02. The van der Waals surface area contributed by atoms with Gasteiger partial charge in [-0.2, -0.15) is 0 Å². The van der Waals surface area contributed by atoms with Crippen molar-refractivity contribution in [2.24, 2.45) is 0 Å². The molecule has 1 saturated heterocycles. The van der Waals surface area contributed by atoms with E-state index >= 15 is 0 Å². The summed E-state index contributed by atoms with van der Waals surface area (Å²) in [4.78, 5) is 28.2. The van der Waals surface area contributed by atoms with E-state index in [-0.39, 0.29) is 18.0 Å². The van der Waals surface area contributed by atoms with E-state index in [4.69, 9.17) is 0 Å². The summed E-state index contributed by atoms with van der Waals surface area (Å²) < 4.78 is 0. The highest BCUT2D eigenvalue weighted by Gasteiger charge is 2.32. The van der Waals surface area contributed by atoms with Crippen LogP contribution in [0.25, 0.3) is 0 Å². The van der Waals surface area contributed by atoms with Gasteiger partial charge in [-0.1, -0.05) is 31.5 Å². The first kappa shape index (κ1) is 17.3. The standard InChI is InChI=1S/C18H27N3O2/c1-4-10-20(11-5-2)18(23)19-15-12-17(22)21(13-15)16-8-6-14(3)7-9-16/h6-9,15H,4-5,10-13H2,1-3H3,(H,19,23)/t15-/m1/s1. The van der Waals surface area contributed by atoms with Crippen LogP contribution in [0.15, 0.2) is 24.3 Å². The van der Waals surface area contributed by atoms with Crippen LogP contribution in [-0.2, 0) is 4.79 Å². The maximum Gasteiger partial charge on any atom is 0.317 e. The number of nitrogens with zero attached hydrogens (tertiary/aromatic N) is 2. The van der Waals surface area contributed by atoms with Crippen LogP contribution in [0.2, 0.25) is 0 Å². The highest BCUT2D eigenvalue weighted by molar-refractivity contribution is 5.96. The summed E-state index contributed by atoms with van der Waals surface area (Å²) in [6, 6.07) is 7.73. The molecule has 3 amide bonds. The number of amides is 3. The second-order valence-electron chi connectivity index (χ2n) is 6.18. The fraction of sp³-hybridized carbons (Fsp3) is 0.556. The van der Waals surface area contributed by atoms with Gasteiger partial charge in [-0.3, -0.25) is 4.79 Å². The van der Waals surface area contributed by atoms with Crippen LogP contribution in [-0.4, -0.2) is 42.5 Å². The van der Waals surface area contributed by atoms with Crippen LogP contribution in [0, 0.1) is 6.92 Å². The number of urea groups is 1. The Labute approximate surface area is 138 Å². The van der Waals surface area contributed by atoms with E-state index in [0.717, 1.165) is 31.6 Å². The molecular weight excluding hydrogens is 290 g/mol. The van der Waals surface area contributed by atoms with Gasteiger partial charge < -0.3 is 15.1 Å². The maximum atomic E-state index is 12.4. The van der Waals surface area contributed by atoms with Crippen molar-refractivity contribution in [3.05, 3.63) is 29.8 Å². The molecule has 1 aliphatic heterocycles. The summed E-state index contributed by atoms with van der Waals surface area (Å²) in [6.07, 6.45) is 2.24. The summed E-state index contributed by atoms with van der Waals surface area (Å²) in [6.45, 7) is 8.20. The third-order valence-electron chi connectivity index (χ3n) is 4.07. The van der Waals surface area contributed by atoms with Gasteiger partial charge in [-0.15, -0.1) is 0 Å². The van der Waals surface area contributed by atoms with E-state index in [2.05, 4.69) is 19.2 Å². The highest BCUT2D eigenvalue weighted by atomic mass is 16.2. The molecule has 1 N–H and O–H groups in total. The molecule has 0 unspecified atom stereocenters. The third kappa shape index (κ3) is 4.47. The summed E-state index contributed by atoms with van der Waals surface area (Å²) in [5.41, 5.74) is 2.07. The summed E-state index contributed by atoms with van der Waals surface area (Å²) >= 11 is 0. The Hall–Kier alpha value is -2.04. The second-order valence-corrected chi connectivity index (χ2v) is 6.18. The largest absolute Gasteiger partial charge is 0.333 e. The molecule has 126 valence electrons. The van der Waals surface area contributed by atoms with Crippen molar-refractivity contribution in [3.8, 4) is 0 Å². The van der Waals surface area contributed by atoms with E-state index in [1.54, 1.807) is 4.90 Å². The number of carbonyl (C=O) groups is 2. The number of carbonyl (C=O) groups excluding carboxylic acids is 2. The van der Waals surface area contributed by atoms with E-state index in [1.165, 1.54) is 5.56 Å². The van der Waals surface area contributed by atoms with Gasteiger partial charge in [-0.25, -0.2) is 4.79 Å². The first-order chi connectivity index (χ1) is 11.0. The van der Waals surface area contributed by atoms with Crippen molar-refractivity contribution in [1.29, 1.82) is 0 Å². The van der Waals surface area contributed by atoms with Gasteiger partial charge in [0, 0.05) is 31.7 Å². The van der Waals surface area contributed by atoms with E-state index in [1.807, 2.05) is 36.1 Å². The fourth-order valence-corrected chi connectivity index (χ4v) is 2.90. The van der Waals surface area contributed by atoms with Gasteiger partial charge in [0.1, 0.15) is 0 Å². The van der Waals surface area contributed by atoms with Gasteiger partial charge >= 0.3 is 6.03 Å². The lowest BCUT2D eigenvalue weighted by Crippen LogP contribution is -2.46. The molecule has 23 heavy (non-hydrogen) atoms. The fourth-order valence-electron chi connectivity index (χ4n) is 2.90. The Balaban J connectivity index is 1.96. The average Bonchev–Trinajstić information content (AvgIpc) is 2.88. The number of hydrogen-bond acceptors (Lipinski definition) is 2. The highest BCUT2D eigenvalue weighted by Crippen LogP contribution is 2.22. The lowest BCUT2D eigenvalue weighted by atomic mass is 10.2. The van der Waals surface area contributed by atoms with Crippen LogP contribution in [0.1, 0.15) is 38.7 Å². The number of benzene rings is 1. The molecule has 5 heteroatoms. The molecule has 0 aromatic heterocycles. The lowest BCUT2D eigenvalue weighted by molar-refractivity contribution is -0.117. The molecule has 0 spiro atoms. The molecule has 1 aromatic carbocycles. The zero-order chi connectivity index (χ0) is 16.8. The van der Waals surface area contributed by atoms with Crippen LogP contribution >= 0.6 is 0 Å². The Morgan fingerprint density at radius 1 is 1.22 bits per heavy atom. The molecule has 1 aromatic rings. The molecule has 2 rings (SSSR count). The first-order valence-corrected chi connectivity index (χ1v) is 8.47. The SMILES string of the molecule is CCCN(CCC)C(=O)N[C@@H]1CC(=O)N(c2ccc(C)cc2)C1. The van der Waals surface area contributed by atoms with Crippen LogP contribution in [0.3, 0.4) is 0 Å². The number of aryl methyl sites for hydroxylation is 1. The molecule has 1 aliphatic rings. The van der Waals surface area contributed by atoms with Crippen molar-refractivity contribution in [2.75, 3.05) is 24.5 Å². The van der Waals surface area contributed by atoms with Gasteiger partial charge in [0.15, 0.2) is 0 Å². The maximum absolute atomic E-state index is 12.4. The molecule has 1 fully saturated rings. The topological polar surface area (TPSA) is 52.7 Å². The van der Waals surface area contributed by atoms with Gasteiger partial charge in [0.2, 0.25) is 5.91 Å². The predicted molar refractivity (Wildman–Crippen MR) is 92.6 cm³/mol. The Bertz CT molecular complexity index is 536. The molecule has 5 nitrogen and oxygen atoms in total. The van der Waals surface area contributed by atoms with Crippen LogP contribution < -0.4 is 10.2 Å². The summed E-state index contributed by atoms with van der Waals surface area (Å²) in [5.74, 6) is 0.0664. The van der Waals surface area contributed by atoms with E-state index in [0.29, 0.717) is 13.0 Å². The van der Waals surface area contributed by atoms with Crippen molar-refractivity contribution >= 4 is 17.6 Å². The minimum atomic E-state index is -0.118. The lowest BCUT2D eigenvalue weighted by Gasteiger charge is -2.24.